The summed E-state index contributed by atoms with van der Waals surface area (Å²) in [5.74, 6) is 0.886. The van der Waals surface area contributed by atoms with Crippen LogP contribution in [0.5, 0.6) is 5.75 Å². The third kappa shape index (κ3) is 4.50. The topological polar surface area (TPSA) is 33.0 Å². The fraction of sp³-hybridized carbons (Fsp3) is 0.211. The lowest BCUT2D eigenvalue weighted by molar-refractivity contribution is 0.325. The van der Waals surface area contributed by atoms with E-state index in [1.54, 1.807) is 0 Å². The predicted octanol–water partition coefficient (Wildman–Crippen LogP) is 4.96. The van der Waals surface area contributed by atoms with Crippen molar-refractivity contribution in [3.05, 3.63) is 66.2 Å². The smallest absolute Gasteiger partial charge is 0.119 e. The molecule has 0 aliphatic rings. The first-order valence-electron chi connectivity index (χ1n) is 7.22. The van der Waals surface area contributed by atoms with Crippen LogP contribution in [-0.4, -0.2) is 6.61 Å². The number of nitriles is 1. The molecule has 0 amide bonds. The lowest BCUT2D eigenvalue weighted by Crippen LogP contribution is -1.95. The highest BCUT2D eigenvalue weighted by Crippen LogP contribution is 2.22. The molecule has 0 aliphatic heterocycles. The largest absolute Gasteiger partial charge is 0.493 e. The quantitative estimate of drug-likeness (QED) is 0.552. The number of nitrogens with zero attached hydrogens (tertiary/aromatic N) is 1. The fourth-order valence-corrected chi connectivity index (χ4v) is 2.01. The van der Waals surface area contributed by atoms with E-state index in [1.165, 1.54) is 0 Å². The highest BCUT2D eigenvalue weighted by atomic mass is 16.5. The van der Waals surface area contributed by atoms with Crippen LogP contribution in [0, 0.1) is 11.3 Å². The Morgan fingerprint density at radius 1 is 0.952 bits per heavy atom. The van der Waals surface area contributed by atoms with Crippen LogP contribution in [0.3, 0.4) is 0 Å². The molecule has 0 saturated heterocycles. The van der Waals surface area contributed by atoms with Crippen LogP contribution in [0.15, 0.2) is 60.7 Å². The molecule has 2 aromatic rings. The molecule has 0 radical (unpaired) electrons. The van der Waals surface area contributed by atoms with E-state index in [0.717, 1.165) is 29.7 Å². The van der Waals surface area contributed by atoms with Gasteiger partial charge in [-0.25, -0.2) is 0 Å². The second kappa shape index (κ2) is 7.91. The van der Waals surface area contributed by atoms with Gasteiger partial charge in [-0.1, -0.05) is 43.3 Å². The van der Waals surface area contributed by atoms with Crippen LogP contribution in [0.25, 0.3) is 11.1 Å². The zero-order valence-corrected chi connectivity index (χ0v) is 12.3. The molecule has 21 heavy (non-hydrogen) atoms. The Labute approximate surface area is 126 Å². The van der Waals surface area contributed by atoms with Gasteiger partial charge in [0, 0.05) is 0 Å². The second-order valence-corrected chi connectivity index (χ2v) is 4.73. The zero-order chi connectivity index (χ0) is 14.9. The lowest BCUT2D eigenvalue weighted by Gasteiger charge is -2.06. The summed E-state index contributed by atoms with van der Waals surface area (Å²) in [5, 5.41) is 8.80. The minimum Gasteiger partial charge on any atom is -0.493 e. The van der Waals surface area contributed by atoms with Gasteiger partial charge in [-0.2, -0.15) is 5.26 Å². The van der Waals surface area contributed by atoms with Crippen molar-refractivity contribution in [3.63, 3.8) is 0 Å². The van der Waals surface area contributed by atoms with Crippen molar-refractivity contribution < 1.29 is 4.74 Å². The van der Waals surface area contributed by atoms with Crippen LogP contribution in [-0.2, 0) is 0 Å². The highest BCUT2D eigenvalue weighted by molar-refractivity contribution is 5.64. The van der Waals surface area contributed by atoms with Gasteiger partial charge in [0.2, 0.25) is 0 Å². The summed E-state index contributed by atoms with van der Waals surface area (Å²) in [6.07, 6.45) is 6.30. The normalized spacial score (nSPS) is 10.5. The van der Waals surface area contributed by atoms with Crippen molar-refractivity contribution in [1.82, 2.24) is 0 Å². The first-order chi connectivity index (χ1) is 10.3. The average molecular weight is 277 g/mol. The van der Waals surface area contributed by atoms with Crippen LogP contribution in [0.1, 0.15) is 25.3 Å². The molecule has 2 heteroatoms. The summed E-state index contributed by atoms with van der Waals surface area (Å²) < 4.78 is 5.69. The monoisotopic (exact) mass is 277 g/mol. The van der Waals surface area contributed by atoms with Gasteiger partial charge in [0.05, 0.1) is 18.2 Å². The van der Waals surface area contributed by atoms with E-state index in [4.69, 9.17) is 10.00 Å². The van der Waals surface area contributed by atoms with Gasteiger partial charge in [0.15, 0.2) is 0 Å². The first kappa shape index (κ1) is 14.9. The molecule has 0 unspecified atom stereocenters. The Bertz CT molecular complexity index is 618. The van der Waals surface area contributed by atoms with Gasteiger partial charge in [0.1, 0.15) is 5.75 Å². The van der Waals surface area contributed by atoms with Crippen LogP contribution >= 0.6 is 0 Å². The molecule has 0 bridgehead atoms. The Balaban J connectivity index is 1.95. The Hall–Kier alpha value is -2.53. The van der Waals surface area contributed by atoms with E-state index in [-0.39, 0.29) is 0 Å². The highest BCUT2D eigenvalue weighted by Gasteiger charge is 1.99. The van der Waals surface area contributed by atoms with Crippen molar-refractivity contribution in [1.29, 1.82) is 5.26 Å². The molecule has 106 valence electrons. The first-order valence-corrected chi connectivity index (χ1v) is 7.22. The molecule has 0 aliphatic carbocycles. The maximum absolute atomic E-state index is 8.80. The molecular formula is C19H19NO. The van der Waals surface area contributed by atoms with Gasteiger partial charge < -0.3 is 4.74 Å². The number of ether oxygens (including phenoxy) is 1. The maximum atomic E-state index is 8.80. The lowest BCUT2D eigenvalue weighted by atomic mass is 10.0. The molecule has 2 rings (SSSR count). The molecule has 2 nitrogen and oxygen atoms in total. The number of hydrogen-bond donors (Lipinski definition) is 0. The van der Waals surface area contributed by atoms with Crippen molar-refractivity contribution >= 4 is 0 Å². The number of hydrogen-bond acceptors (Lipinski definition) is 2. The second-order valence-electron chi connectivity index (χ2n) is 4.73. The number of allylic oxidation sites excluding steroid dienone is 1. The van der Waals surface area contributed by atoms with Gasteiger partial charge in [0.25, 0.3) is 0 Å². The van der Waals surface area contributed by atoms with E-state index in [0.29, 0.717) is 12.2 Å². The number of rotatable bonds is 6. The summed E-state index contributed by atoms with van der Waals surface area (Å²) in [6.45, 7) is 2.83. The Morgan fingerprint density at radius 2 is 1.57 bits per heavy atom. The number of benzene rings is 2. The third-order valence-electron chi connectivity index (χ3n) is 3.16. The minimum absolute atomic E-state index is 0.679. The molecule has 0 atom stereocenters. The van der Waals surface area contributed by atoms with Crippen molar-refractivity contribution in [3.8, 4) is 22.9 Å². The van der Waals surface area contributed by atoms with Crippen molar-refractivity contribution in [2.75, 3.05) is 6.61 Å². The van der Waals surface area contributed by atoms with Crippen LogP contribution < -0.4 is 4.74 Å². The molecule has 0 N–H and O–H groups in total. The van der Waals surface area contributed by atoms with Gasteiger partial charge in [-0.15, -0.1) is 0 Å². The summed E-state index contributed by atoms with van der Waals surface area (Å²) in [5.41, 5.74) is 2.91. The zero-order valence-electron chi connectivity index (χ0n) is 12.3. The van der Waals surface area contributed by atoms with Gasteiger partial charge in [-0.05, 0) is 48.2 Å². The van der Waals surface area contributed by atoms with E-state index in [9.17, 15) is 0 Å². The van der Waals surface area contributed by atoms with Crippen LogP contribution in [0.4, 0.5) is 0 Å². The predicted molar refractivity (Wildman–Crippen MR) is 86.1 cm³/mol. The van der Waals surface area contributed by atoms with E-state index >= 15 is 0 Å². The summed E-state index contributed by atoms with van der Waals surface area (Å²) in [4.78, 5) is 0. The SMILES string of the molecule is CCC=CCCOc1ccc(-c2ccc(C#N)cc2)cc1. The molecule has 2 aromatic carbocycles. The Morgan fingerprint density at radius 3 is 2.14 bits per heavy atom. The Kier molecular flexibility index (Phi) is 5.60. The summed E-state index contributed by atoms with van der Waals surface area (Å²) >= 11 is 0. The van der Waals surface area contributed by atoms with E-state index < -0.39 is 0 Å². The van der Waals surface area contributed by atoms with E-state index in [2.05, 4.69) is 25.1 Å². The van der Waals surface area contributed by atoms with Gasteiger partial charge >= 0.3 is 0 Å². The molecule has 0 heterocycles. The summed E-state index contributed by atoms with van der Waals surface area (Å²) in [6, 6.07) is 17.8. The molecule has 0 aromatic heterocycles. The van der Waals surface area contributed by atoms with E-state index in [1.807, 2.05) is 48.5 Å². The molecular weight excluding hydrogens is 258 g/mol. The third-order valence-corrected chi connectivity index (χ3v) is 3.16. The molecule has 0 fully saturated rings. The standard InChI is InChI=1S/C19H19NO/c1-2-3-4-5-14-21-19-12-10-18(11-13-19)17-8-6-16(15-20)7-9-17/h3-4,6-13H,2,5,14H2,1H3. The fourth-order valence-electron chi connectivity index (χ4n) is 2.01. The van der Waals surface area contributed by atoms with Crippen molar-refractivity contribution in [2.24, 2.45) is 0 Å². The van der Waals surface area contributed by atoms with Gasteiger partial charge in [-0.3, -0.25) is 0 Å². The maximum Gasteiger partial charge on any atom is 0.119 e. The molecule has 0 saturated carbocycles. The minimum atomic E-state index is 0.679. The molecule has 0 spiro atoms. The van der Waals surface area contributed by atoms with Crippen molar-refractivity contribution in [2.45, 2.75) is 19.8 Å². The van der Waals surface area contributed by atoms with Crippen LogP contribution in [0.2, 0.25) is 0 Å². The summed E-state index contributed by atoms with van der Waals surface area (Å²) in [7, 11) is 0. The average Bonchev–Trinajstić information content (AvgIpc) is 2.55.